The molecular weight excluding hydrogens is 244 g/mol. The molecule has 0 spiro atoms. The topological polar surface area (TPSA) is 70.7 Å². The number of aliphatic hydroxyl groups is 1. The van der Waals surface area contributed by atoms with Gasteiger partial charge in [-0.05, 0) is 18.8 Å². The van der Waals surface area contributed by atoms with Crippen molar-refractivity contribution in [3.05, 3.63) is 30.4 Å². The maximum absolute atomic E-state index is 12.5. The van der Waals surface area contributed by atoms with Gasteiger partial charge in [-0.25, -0.2) is 4.52 Å². The minimum atomic E-state index is 0.00318. The van der Waals surface area contributed by atoms with Crippen LogP contribution in [-0.2, 0) is 0 Å². The summed E-state index contributed by atoms with van der Waals surface area (Å²) in [6.45, 7) is 1.66. The quantitative estimate of drug-likeness (QED) is 0.876. The van der Waals surface area contributed by atoms with Gasteiger partial charge in [0, 0.05) is 32.1 Å². The molecule has 0 radical (unpaired) electrons. The Kier molecular flexibility index (Phi) is 3.16. The van der Waals surface area contributed by atoms with Gasteiger partial charge in [0.25, 0.3) is 5.91 Å². The van der Waals surface area contributed by atoms with Gasteiger partial charge in [-0.15, -0.1) is 0 Å². The first kappa shape index (κ1) is 12.1. The van der Waals surface area contributed by atoms with E-state index in [4.69, 9.17) is 5.11 Å². The van der Waals surface area contributed by atoms with Crippen LogP contribution in [0.1, 0.15) is 23.2 Å². The van der Waals surface area contributed by atoms with Gasteiger partial charge in [0.2, 0.25) is 0 Å². The molecule has 2 aromatic rings. The fraction of sp³-hybridized carbons (Fsp3) is 0.462. The Morgan fingerprint density at radius 3 is 3.21 bits per heavy atom. The summed E-state index contributed by atoms with van der Waals surface area (Å²) in [6.07, 6.45) is 8.34. The van der Waals surface area contributed by atoms with Crippen molar-refractivity contribution in [3.8, 4) is 0 Å². The van der Waals surface area contributed by atoms with E-state index in [-0.39, 0.29) is 12.5 Å². The molecule has 19 heavy (non-hydrogen) atoms. The maximum Gasteiger partial charge on any atom is 0.257 e. The monoisotopic (exact) mass is 260 g/mol. The number of rotatable bonds is 3. The van der Waals surface area contributed by atoms with Crippen LogP contribution in [0.4, 0.5) is 0 Å². The first-order chi connectivity index (χ1) is 9.29. The van der Waals surface area contributed by atoms with Crippen molar-refractivity contribution in [1.82, 2.24) is 19.5 Å². The number of fused-ring (bicyclic) bond motifs is 1. The summed E-state index contributed by atoms with van der Waals surface area (Å²) in [4.78, 5) is 18.3. The molecule has 2 aromatic heterocycles. The molecule has 3 rings (SSSR count). The van der Waals surface area contributed by atoms with Crippen LogP contribution in [-0.4, -0.2) is 50.2 Å². The van der Waals surface area contributed by atoms with Crippen LogP contribution in [0.5, 0.6) is 0 Å². The van der Waals surface area contributed by atoms with Crippen LogP contribution in [0.2, 0.25) is 0 Å². The highest BCUT2D eigenvalue weighted by atomic mass is 16.3. The summed E-state index contributed by atoms with van der Waals surface area (Å²) in [6, 6.07) is 0. The molecule has 100 valence electrons. The lowest BCUT2D eigenvalue weighted by Gasteiger charge is -2.15. The molecule has 1 N–H and O–H groups in total. The van der Waals surface area contributed by atoms with E-state index in [2.05, 4.69) is 10.1 Å². The summed E-state index contributed by atoms with van der Waals surface area (Å²) >= 11 is 0. The van der Waals surface area contributed by atoms with Crippen LogP contribution in [0.25, 0.3) is 5.52 Å². The van der Waals surface area contributed by atoms with Gasteiger partial charge in [-0.1, -0.05) is 0 Å². The normalized spacial score (nSPS) is 19.2. The number of amides is 1. The van der Waals surface area contributed by atoms with E-state index >= 15 is 0 Å². The fourth-order valence-electron chi connectivity index (χ4n) is 2.60. The van der Waals surface area contributed by atoms with Crippen molar-refractivity contribution in [2.45, 2.75) is 12.8 Å². The zero-order valence-corrected chi connectivity index (χ0v) is 10.6. The molecule has 0 bridgehead atoms. The van der Waals surface area contributed by atoms with E-state index in [9.17, 15) is 4.79 Å². The molecule has 3 heterocycles. The molecule has 1 fully saturated rings. The number of hydrogen-bond donors (Lipinski definition) is 1. The second kappa shape index (κ2) is 4.97. The molecule has 1 amide bonds. The summed E-state index contributed by atoms with van der Waals surface area (Å²) in [7, 11) is 0. The lowest BCUT2D eigenvalue weighted by molar-refractivity contribution is 0.0786. The van der Waals surface area contributed by atoms with Crippen molar-refractivity contribution in [2.75, 3.05) is 19.7 Å². The number of hydrogen-bond acceptors (Lipinski definition) is 4. The zero-order chi connectivity index (χ0) is 13.2. The molecule has 6 heteroatoms. The molecule has 1 aliphatic rings. The van der Waals surface area contributed by atoms with Gasteiger partial charge in [-0.3, -0.25) is 9.78 Å². The highest BCUT2D eigenvalue weighted by Gasteiger charge is 2.28. The predicted molar refractivity (Wildman–Crippen MR) is 68.7 cm³/mol. The average molecular weight is 260 g/mol. The first-order valence-corrected chi connectivity index (χ1v) is 6.47. The smallest absolute Gasteiger partial charge is 0.257 e. The van der Waals surface area contributed by atoms with Gasteiger partial charge < -0.3 is 10.0 Å². The Morgan fingerprint density at radius 2 is 2.37 bits per heavy atom. The summed E-state index contributed by atoms with van der Waals surface area (Å²) in [5, 5.41) is 13.1. The van der Waals surface area contributed by atoms with Gasteiger partial charge in [0.15, 0.2) is 0 Å². The standard InChI is InChI=1S/C13H16N4O2/c18-6-2-10-1-4-16(9-10)13(19)11-7-15-17-5-3-14-8-12(11)17/h3,5,7-8,10,18H,1-2,4,6,9H2. The van der Waals surface area contributed by atoms with Crippen LogP contribution in [0, 0.1) is 5.92 Å². The van der Waals surface area contributed by atoms with Crippen molar-refractivity contribution in [3.63, 3.8) is 0 Å². The fourth-order valence-corrected chi connectivity index (χ4v) is 2.60. The van der Waals surface area contributed by atoms with Gasteiger partial charge >= 0.3 is 0 Å². The highest BCUT2D eigenvalue weighted by Crippen LogP contribution is 2.22. The Bertz CT molecular complexity index is 595. The number of aromatic nitrogens is 3. The molecule has 0 aliphatic carbocycles. The summed E-state index contributed by atoms with van der Waals surface area (Å²) in [5.74, 6) is 0.414. The second-order valence-corrected chi connectivity index (χ2v) is 4.88. The zero-order valence-electron chi connectivity index (χ0n) is 10.6. The van der Waals surface area contributed by atoms with E-state index < -0.39 is 0 Å². The van der Waals surface area contributed by atoms with E-state index in [0.717, 1.165) is 31.4 Å². The molecular formula is C13H16N4O2. The first-order valence-electron chi connectivity index (χ1n) is 6.47. The molecule has 1 unspecified atom stereocenters. The Morgan fingerprint density at radius 1 is 1.47 bits per heavy atom. The Labute approximate surface area is 110 Å². The van der Waals surface area contributed by atoms with Crippen molar-refractivity contribution < 1.29 is 9.90 Å². The molecule has 0 aromatic carbocycles. The van der Waals surface area contributed by atoms with Crippen LogP contribution in [0.3, 0.4) is 0 Å². The third-order valence-electron chi connectivity index (χ3n) is 3.67. The summed E-state index contributed by atoms with van der Waals surface area (Å²) in [5.41, 5.74) is 1.33. The highest BCUT2D eigenvalue weighted by molar-refractivity contribution is 6.00. The van der Waals surface area contributed by atoms with Crippen LogP contribution >= 0.6 is 0 Å². The third kappa shape index (κ3) is 2.19. The number of carbonyl (C=O) groups excluding carboxylic acids is 1. The number of nitrogens with zero attached hydrogens (tertiary/aromatic N) is 4. The number of likely N-dealkylation sites (tertiary alicyclic amines) is 1. The minimum absolute atomic E-state index is 0.00318. The van der Waals surface area contributed by atoms with E-state index in [0.29, 0.717) is 11.5 Å². The van der Waals surface area contributed by atoms with Crippen molar-refractivity contribution >= 4 is 11.4 Å². The molecule has 1 atom stereocenters. The maximum atomic E-state index is 12.5. The van der Waals surface area contributed by atoms with Gasteiger partial charge in [0.05, 0.1) is 23.5 Å². The van der Waals surface area contributed by atoms with E-state index in [1.54, 1.807) is 29.3 Å². The SMILES string of the molecule is O=C(c1cnn2ccncc12)N1CCC(CCO)C1. The van der Waals surface area contributed by atoms with Gasteiger partial charge in [0.1, 0.15) is 0 Å². The largest absolute Gasteiger partial charge is 0.396 e. The molecule has 6 nitrogen and oxygen atoms in total. The van der Waals surface area contributed by atoms with E-state index in [1.165, 1.54) is 0 Å². The minimum Gasteiger partial charge on any atom is -0.396 e. The number of aliphatic hydroxyl groups excluding tert-OH is 1. The predicted octanol–water partition coefficient (Wildman–Crippen LogP) is 0.574. The average Bonchev–Trinajstić information content (AvgIpc) is 3.05. The van der Waals surface area contributed by atoms with Crippen LogP contribution in [0.15, 0.2) is 24.8 Å². The Hall–Kier alpha value is -1.95. The second-order valence-electron chi connectivity index (χ2n) is 4.88. The number of carbonyl (C=O) groups is 1. The lowest BCUT2D eigenvalue weighted by Crippen LogP contribution is -2.28. The van der Waals surface area contributed by atoms with Crippen LogP contribution < -0.4 is 0 Å². The van der Waals surface area contributed by atoms with E-state index in [1.807, 2.05) is 4.90 Å². The molecule has 1 saturated heterocycles. The van der Waals surface area contributed by atoms with Gasteiger partial charge in [-0.2, -0.15) is 5.10 Å². The summed E-state index contributed by atoms with van der Waals surface area (Å²) < 4.78 is 1.65. The lowest BCUT2D eigenvalue weighted by atomic mass is 10.1. The molecule has 0 saturated carbocycles. The molecule has 1 aliphatic heterocycles. The van der Waals surface area contributed by atoms with Crippen molar-refractivity contribution in [1.29, 1.82) is 0 Å². The Balaban J connectivity index is 1.81. The third-order valence-corrected chi connectivity index (χ3v) is 3.67. The van der Waals surface area contributed by atoms with Crippen molar-refractivity contribution in [2.24, 2.45) is 5.92 Å².